The van der Waals surface area contributed by atoms with Crippen molar-refractivity contribution in [3.8, 4) is 0 Å². The average molecular weight is 405 g/mol. The highest BCUT2D eigenvalue weighted by Gasteiger charge is 2.17. The number of benzene rings is 2. The van der Waals surface area contributed by atoms with Gasteiger partial charge in [-0.2, -0.15) is 0 Å². The second-order valence-corrected chi connectivity index (χ2v) is 9.30. The number of carbonyl (C=O) groups is 1. The van der Waals surface area contributed by atoms with Gasteiger partial charge in [0.15, 0.2) is 6.54 Å². The highest BCUT2D eigenvalue weighted by Crippen LogP contribution is 2.19. The van der Waals surface area contributed by atoms with Crippen LogP contribution >= 0.6 is 0 Å². The predicted molar refractivity (Wildman–Crippen MR) is 112 cm³/mol. The van der Waals surface area contributed by atoms with Gasteiger partial charge < -0.3 is 10.2 Å². The van der Waals surface area contributed by atoms with Crippen LogP contribution in [0, 0.1) is 6.92 Å². The monoisotopic (exact) mass is 404 g/mol. The number of rotatable bonds is 8. The third-order valence-electron chi connectivity index (χ3n) is 4.64. The van der Waals surface area contributed by atoms with Crippen molar-refractivity contribution in [1.82, 2.24) is 4.72 Å². The second-order valence-electron chi connectivity index (χ2n) is 7.44. The SMILES string of the molecule is CNS(=O)(=O)c1cc(NC(=O)C[NH+](C)Cc2ccc(C(C)C)cc2)ccc1C. The van der Waals surface area contributed by atoms with Gasteiger partial charge >= 0.3 is 0 Å². The Kier molecular flexibility index (Phi) is 7.35. The molecule has 2 aromatic carbocycles. The zero-order chi connectivity index (χ0) is 20.9. The third-order valence-corrected chi connectivity index (χ3v) is 6.20. The Balaban J connectivity index is 1.99. The van der Waals surface area contributed by atoms with E-state index in [2.05, 4.69) is 48.2 Å². The lowest BCUT2D eigenvalue weighted by molar-refractivity contribution is -0.885. The summed E-state index contributed by atoms with van der Waals surface area (Å²) >= 11 is 0. The summed E-state index contributed by atoms with van der Waals surface area (Å²) in [6.45, 7) is 7.06. The van der Waals surface area contributed by atoms with Crippen molar-refractivity contribution >= 4 is 21.6 Å². The van der Waals surface area contributed by atoms with Gasteiger partial charge in [0.1, 0.15) is 6.54 Å². The molecule has 0 saturated heterocycles. The Labute approximate surface area is 168 Å². The summed E-state index contributed by atoms with van der Waals surface area (Å²) in [7, 11) is -0.240. The van der Waals surface area contributed by atoms with E-state index in [1.54, 1.807) is 19.1 Å². The molecule has 0 aliphatic carbocycles. The van der Waals surface area contributed by atoms with E-state index in [0.29, 0.717) is 17.2 Å². The Morgan fingerprint density at radius 3 is 2.32 bits per heavy atom. The van der Waals surface area contributed by atoms with Gasteiger partial charge in [-0.15, -0.1) is 0 Å². The molecule has 0 heterocycles. The molecule has 7 heteroatoms. The molecule has 2 rings (SSSR count). The van der Waals surface area contributed by atoms with Crippen molar-refractivity contribution in [2.45, 2.75) is 38.1 Å². The molecule has 0 aliphatic rings. The maximum absolute atomic E-state index is 12.4. The van der Waals surface area contributed by atoms with Crippen molar-refractivity contribution in [2.75, 3.05) is 26.0 Å². The van der Waals surface area contributed by atoms with Crippen LogP contribution in [0.3, 0.4) is 0 Å². The van der Waals surface area contributed by atoms with Gasteiger partial charge in [0, 0.05) is 11.3 Å². The fourth-order valence-electron chi connectivity index (χ4n) is 2.99. The predicted octanol–water partition coefficient (Wildman–Crippen LogP) is 1.68. The number of likely N-dealkylation sites (N-methyl/N-ethyl adjacent to an activating group) is 1. The highest BCUT2D eigenvalue weighted by atomic mass is 32.2. The van der Waals surface area contributed by atoms with E-state index in [-0.39, 0.29) is 17.3 Å². The van der Waals surface area contributed by atoms with Crippen LogP contribution in [0.5, 0.6) is 0 Å². The fourth-order valence-corrected chi connectivity index (χ4v) is 3.98. The summed E-state index contributed by atoms with van der Waals surface area (Å²) in [6, 6.07) is 13.3. The molecule has 0 radical (unpaired) electrons. The standard InChI is InChI=1S/C21H29N3O3S/c1-15(2)18-9-7-17(8-10-18)13-24(5)14-21(25)23-19-11-6-16(3)20(12-19)28(26,27)22-4/h6-12,15,22H,13-14H2,1-5H3,(H,23,25)/p+1. The fraction of sp³-hybridized carbons (Fsp3) is 0.381. The third kappa shape index (κ3) is 5.89. The summed E-state index contributed by atoms with van der Waals surface area (Å²) < 4.78 is 26.5. The van der Waals surface area contributed by atoms with Gasteiger partial charge in [-0.05, 0) is 43.1 Å². The number of hydrogen-bond donors (Lipinski definition) is 3. The van der Waals surface area contributed by atoms with E-state index in [9.17, 15) is 13.2 Å². The molecule has 3 N–H and O–H groups in total. The topological polar surface area (TPSA) is 79.7 Å². The van der Waals surface area contributed by atoms with Crippen molar-refractivity contribution in [2.24, 2.45) is 0 Å². The number of hydrogen-bond acceptors (Lipinski definition) is 3. The quantitative estimate of drug-likeness (QED) is 0.626. The smallest absolute Gasteiger partial charge is 0.279 e. The number of amides is 1. The minimum atomic E-state index is -3.57. The van der Waals surface area contributed by atoms with Gasteiger partial charge in [0.05, 0.1) is 11.9 Å². The molecule has 1 unspecified atom stereocenters. The molecule has 0 spiro atoms. The molecule has 0 bridgehead atoms. The zero-order valence-electron chi connectivity index (χ0n) is 17.2. The minimum absolute atomic E-state index is 0.159. The van der Waals surface area contributed by atoms with E-state index in [4.69, 9.17) is 0 Å². The molecule has 1 amide bonds. The first-order chi connectivity index (χ1) is 13.1. The molecular weight excluding hydrogens is 374 g/mol. The molecule has 6 nitrogen and oxygen atoms in total. The van der Waals surface area contributed by atoms with Gasteiger partial charge in [0.25, 0.3) is 5.91 Å². The van der Waals surface area contributed by atoms with Crippen LogP contribution in [-0.4, -0.2) is 35.0 Å². The molecule has 2 aromatic rings. The van der Waals surface area contributed by atoms with Crippen molar-refractivity contribution in [1.29, 1.82) is 0 Å². The Bertz CT molecular complexity index is 922. The maximum Gasteiger partial charge on any atom is 0.279 e. The summed E-state index contributed by atoms with van der Waals surface area (Å²) in [5.74, 6) is 0.337. The van der Waals surface area contributed by atoms with E-state index in [1.165, 1.54) is 24.2 Å². The van der Waals surface area contributed by atoms with Crippen LogP contribution in [-0.2, 0) is 21.4 Å². The minimum Gasteiger partial charge on any atom is -0.326 e. The van der Waals surface area contributed by atoms with E-state index < -0.39 is 10.0 Å². The van der Waals surface area contributed by atoms with Crippen LogP contribution in [0.2, 0.25) is 0 Å². The summed E-state index contributed by atoms with van der Waals surface area (Å²) in [4.78, 5) is 13.6. The largest absolute Gasteiger partial charge is 0.326 e. The van der Waals surface area contributed by atoms with Crippen molar-refractivity contribution < 1.29 is 18.1 Å². The van der Waals surface area contributed by atoms with Crippen molar-refractivity contribution in [3.63, 3.8) is 0 Å². The van der Waals surface area contributed by atoms with Gasteiger partial charge in [-0.1, -0.05) is 44.2 Å². The number of carbonyl (C=O) groups excluding carboxylic acids is 1. The second kappa shape index (κ2) is 9.32. The highest BCUT2D eigenvalue weighted by molar-refractivity contribution is 7.89. The Morgan fingerprint density at radius 1 is 1.11 bits per heavy atom. The first-order valence-electron chi connectivity index (χ1n) is 9.36. The zero-order valence-corrected chi connectivity index (χ0v) is 18.0. The average Bonchev–Trinajstić information content (AvgIpc) is 2.63. The van der Waals surface area contributed by atoms with E-state index in [1.807, 2.05) is 7.05 Å². The summed E-state index contributed by atoms with van der Waals surface area (Å²) in [5.41, 5.74) is 3.57. The number of aryl methyl sites for hydroxylation is 1. The van der Waals surface area contributed by atoms with Crippen LogP contribution < -0.4 is 14.9 Å². The number of nitrogens with one attached hydrogen (secondary N) is 3. The van der Waals surface area contributed by atoms with E-state index >= 15 is 0 Å². The number of anilines is 1. The van der Waals surface area contributed by atoms with Crippen LogP contribution in [0.1, 0.15) is 36.5 Å². The first kappa shape index (κ1) is 22.1. The van der Waals surface area contributed by atoms with Gasteiger partial charge in [0.2, 0.25) is 10.0 Å². The molecule has 1 atom stereocenters. The van der Waals surface area contributed by atoms with Gasteiger partial charge in [-0.25, -0.2) is 13.1 Å². The van der Waals surface area contributed by atoms with Crippen LogP contribution in [0.25, 0.3) is 0 Å². The first-order valence-corrected chi connectivity index (χ1v) is 10.8. The number of quaternary nitrogens is 1. The lowest BCUT2D eigenvalue weighted by Crippen LogP contribution is -3.08. The molecule has 152 valence electrons. The lowest BCUT2D eigenvalue weighted by atomic mass is 10.0. The molecule has 0 aliphatic heterocycles. The van der Waals surface area contributed by atoms with Gasteiger partial charge in [-0.3, -0.25) is 4.79 Å². The molecule has 0 aromatic heterocycles. The van der Waals surface area contributed by atoms with Crippen LogP contribution in [0.15, 0.2) is 47.4 Å². The Morgan fingerprint density at radius 2 is 1.75 bits per heavy atom. The number of sulfonamides is 1. The molecule has 0 fully saturated rings. The van der Waals surface area contributed by atoms with Crippen molar-refractivity contribution in [3.05, 3.63) is 59.2 Å². The Hall–Kier alpha value is -2.22. The van der Waals surface area contributed by atoms with E-state index in [0.717, 1.165) is 11.4 Å². The summed E-state index contributed by atoms with van der Waals surface area (Å²) in [5, 5.41) is 2.79. The lowest BCUT2D eigenvalue weighted by Gasteiger charge is -2.15. The summed E-state index contributed by atoms with van der Waals surface area (Å²) in [6.07, 6.45) is 0. The molecule has 0 saturated carbocycles. The maximum atomic E-state index is 12.4. The van der Waals surface area contributed by atoms with Crippen LogP contribution in [0.4, 0.5) is 5.69 Å². The molecule has 28 heavy (non-hydrogen) atoms. The normalized spacial score (nSPS) is 12.8. The molecular formula is C21H30N3O3S+.